The summed E-state index contributed by atoms with van der Waals surface area (Å²) in [6, 6.07) is 3.82. The summed E-state index contributed by atoms with van der Waals surface area (Å²) in [6.45, 7) is 3.64. The fourth-order valence-corrected chi connectivity index (χ4v) is 6.20. The number of piperidine rings is 1. The Hall–Kier alpha value is -2.74. The van der Waals surface area contributed by atoms with Gasteiger partial charge in [0, 0.05) is 24.4 Å². The van der Waals surface area contributed by atoms with E-state index in [4.69, 9.17) is 18.9 Å². The van der Waals surface area contributed by atoms with E-state index < -0.39 is 5.41 Å². The molecule has 0 aromatic heterocycles. The second-order valence-electron chi connectivity index (χ2n) is 8.82. The molecular formula is C23H28N2O6. The summed E-state index contributed by atoms with van der Waals surface area (Å²) in [4.78, 5) is 28.4. The average molecular weight is 428 g/mol. The molecule has 0 radical (unpaired) electrons. The highest BCUT2D eigenvalue weighted by Gasteiger charge is 2.61. The maximum absolute atomic E-state index is 13.5. The lowest BCUT2D eigenvalue weighted by Crippen LogP contribution is -2.56. The number of hydrogen-bond acceptors (Lipinski definition) is 7. The molecule has 0 unspecified atom stereocenters. The number of amides is 1. The van der Waals surface area contributed by atoms with Crippen molar-refractivity contribution < 1.29 is 28.5 Å². The summed E-state index contributed by atoms with van der Waals surface area (Å²) in [5.74, 6) is 0.941. The van der Waals surface area contributed by atoms with Crippen LogP contribution in [0.4, 0.5) is 5.69 Å². The Morgan fingerprint density at radius 1 is 1.26 bits per heavy atom. The van der Waals surface area contributed by atoms with Gasteiger partial charge in [-0.3, -0.25) is 9.69 Å². The third-order valence-corrected chi connectivity index (χ3v) is 7.75. The summed E-state index contributed by atoms with van der Waals surface area (Å²) in [5, 5.41) is 3.08. The summed E-state index contributed by atoms with van der Waals surface area (Å²) < 4.78 is 21.8. The van der Waals surface area contributed by atoms with Crippen molar-refractivity contribution in [2.45, 2.75) is 37.3 Å². The lowest BCUT2D eigenvalue weighted by atomic mass is 9.66. The van der Waals surface area contributed by atoms with E-state index in [1.807, 2.05) is 19.1 Å². The molecule has 4 heterocycles. The molecule has 1 aromatic rings. The highest BCUT2D eigenvalue weighted by Crippen LogP contribution is 2.56. The Labute approximate surface area is 181 Å². The summed E-state index contributed by atoms with van der Waals surface area (Å²) in [7, 11) is 4.56. The van der Waals surface area contributed by atoms with E-state index in [-0.39, 0.29) is 35.9 Å². The van der Waals surface area contributed by atoms with Gasteiger partial charge in [-0.25, -0.2) is 4.79 Å². The minimum Gasteiger partial charge on any atom is -0.497 e. The van der Waals surface area contributed by atoms with Crippen LogP contribution >= 0.6 is 0 Å². The van der Waals surface area contributed by atoms with Crippen LogP contribution in [-0.2, 0) is 24.5 Å². The van der Waals surface area contributed by atoms with Gasteiger partial charge in [0.2, 0.25) is 5.91 Å². The molecule has 2 fully saturated rings. The molecule has 166 valence electrons. The topological polar surface area (TPSA) is 86.3 Å². The van der Waals surface area contributed by atoms with Crippen molar-refractivity contribution in [3.8, 4) is 11.5 Å². The molecule has 4 aliphatic rings. The Balaban J connectivity index is 1.57. The molecular weight excluding hydrogens is 400 g/mol. The Morgan fingerprint density at radius 3 is 2.77 bits per heavy atom. The van der Waals surface area contributed by atoms with Gasteiger partial charge < -0.3 is 24.3 Å². The van der Waals surface area contributed by atoms with Crippen molar-refractivity contribution in [1.82, 2.24) is 4.90 Å². The largest absolute Gasteiger partial charge is 0.497 e. The van der Waals surface area contributed by atoms with Gasteiger partial charge in [-0.05, 0) is 37.9 Å². The fourth-order valence-electron chi connectivity index (χ4n) is 6.20. The average Bonchev–Trinajstić information content (AvgIpc) is 3.30. The van der Waals surface area contributed by atoms with Gasteiger partial charge in [0.15, 0.2) is 11.5 Å². The van der Waals surface area contributed by atoms with E-state index in [0.717, 1.165) is 25.1 Å². The SMILES string of the molecule is COC(=O)C1=CO[C@H](C)[C@H]2CN3CC[C@@]4(C(=O)Nc5c4ccc(OC)c5OC)[C@H]3C[C@@H]12. The quantitative estimate of drug-likeness (QED) is 0.738. The van der Waals surface area contributed by atoms with Crippen LogP contribution in [0.3, 0.4) is 0 Å². The van der Waals surface area contributed by atoms with Gasteiger partial charge in [0.05, 0.1) is 50.4 Å². The van der Waals surface area contributed by atoms with Crippen LogP contribution in [0.1, 0.15) is 25.3 Å². The zero-order valence-electron chi connectivity index (χ0n) is 18.3. The van der Waals surface area contributed by atoms with Crippen LogP contribution in [0.2, 0.25) is 0 Å². The van der Waals surface area contributed by atoms with Gasteiger partial charge in [0.1, 0.15) is 0 Å². The van der Waals surface area contributed by atoms with Crippen LogP contribution in [0.25, 0.3) is 0 Å². The normalized spacial score (nSPS) is 33.5. The van der Waals surface area contributed by atoms with Crippen molar-refractivity contribution in [2.75, 3.05) is 39.7 Å². The molecule has 1 N–H and O–H groups in total. The number of carbonyl (C=O) groups excluding carboxylic acids is 2. The van der Waals surface area contributed by atoms with E-state index in [2.05, 4.69) is 10.2 Å². The first-order valence-corrected chi connectivity index (χ1v) is 10.7. The first kappa shape index (κ1) is 20.2. The number of hydrogen-bond donors (Lipinski definition) is 1. The molecule has 2 saturated heterocycles. The van der Waals surface area contributed by atoms with Crippen molar-refractivity contribution in [1.29, 1.82) is 0 Å². The number of nitrogens with one attached hydrogen (secondary N) is 1. The van der Waals surface area contributed by atoms with Crippen LogP contribution in [-0.4, -0.2) is 63.3 Å². The smallest absolute Gasteiger partial charge is 0.337 e. The number of methoxy groups -OCH3 is 3. The zero-order chi connectivity index (χ0) is 21.9. The second-order valence-corrected chi connectivity index (χ2v) is 8.82. The third kappa shape index (κ3) is 2.63. The number of fused-ring (bicyclic) bond motifs is 5. The molecule has 0 saturated carbocycles. The highest BCUT2D eigenvalue weighted by atomic mass is 16.5. The Morgan fingerprint density at radius 2 is 2.06 bits per heavy atom. The number of benzene rings is 1. The van der Waals surface area contributed by atoms with E-state index in [1.165, 1.54) is 7.11 Å². The Kier molecular flexibility index (Phi) is 4.66. The van der Waals surface area contributed by atoms with Crippen molar-refractivity contribution in [3.05, 3.63) is 29.5 Å². The standard InChI is InChI=1S/C23H28N2O6/c1-12-14-10-25-8-7-23(18(25)9-13(14)15(11-31-12)21(26)30-4)16-5-6-17(28-2)20(29-3)19(16)24-22(23)27/h5-6,11-14,18H,7-10H2,1-4H3,(H,24,27)/t12-,13-,14-,18-,23+/m1/s1. The molecule has 4 aliphatic heterocycles. The van der Waals surface area contributed by atoms with Gasteiger partial charge in [-0.15, -0.1) is 0 Å². The molecule has 8 heteroatoms. The summed E-state index contributed by atoms with van der Waals surface area (Å²) in [5.41, 5.74) is 1.53. The maximum Gasteiger partial charge on any atom is 0.337 e. The van der Waals surface area contributed by atoms with E-state index in [0.29, 0.717) is 29.2 Å². The van der Waals surface area contributed by atoms with Crippen molar-refractivity contribution in [2.24, 2.45) is 11.8 Å². The van der Waals surface area contributed by atoms with Crippen molar-refractivity contribution >= 4 is 17.6 Å². The number of carbonyl (C=O) groups is 2. The molecule has 1 aromatic carbocycles. The monoisotopic (exact) mass is 428 g/mol. The van der Waals surface area contributed by atoms with Crippen LogP contribution in [0, 0.1) is 11.8 Å². The van der Waals surface area contributed by atoms with E-state index in [9.17, 15) is 9.59 Å². The predicted octanol–water partition coefficient (Wildman–Crippen LogP) is 2.08. The predicted molar refractivity (Wildman–Crippen MR) is 112 cm³/mol. The Bertz CT molecular complexity index is 975. The summed E-state index contributed by atoms with van der Waals surface area (Å²) in [6.07, 6.45) is 2.98. The lowest BCUT2D eigenvalue weighted by Gasteiger charge is -2.48. The van der Waals surface area contributed by atoms with Gasteiger partial charge >= 0.3 is 5.97 Å². The maximum atomic E-state index is 13.5. The number of ether oxygens (including phenoxy) is 4. The number of esters is 1. The van der Waals surface area contributed by atoms with Gasteiger partial charge in [-0.2, -0.15) is 0 Å². The van der Waals surface area contributed by atoms with Gasteiger partial charge in [-0.1, -0.05) is 6.07 Å². The second kappa shape index (κ2) is 7.15. The molecule has 0 bridgehead atoms. The highest BCUT2D eigenvalue weighted by molar-refractivity contribution is 6.09. The number of rotatable bonds is 3. The van der Waals surface area contributed by atoms with Crippen molar-refractivity contribution in [3.63, 3.8) is 0 Å². The van der Waals surface area contributed by atoms with E-state index in [1.54, 1.807) is 20.5 Å². The van der Waals surface area contributed by atoms with Crippen LogP contribution < -0.4 is 14.8 Å². The molecule has 1 amide bonds. The number of nitrogens with zero attached hydrogens (tertiary/aromatic N) is 1. The molecule has 31 heavy (non-hydrogen) atoms. The number of anilines is 1. The summed E-state index contributed by atoms with van der Waals surface area (Å²) >= 11 is 0. The molecule has 8 nitrogen and oxygen atoms in total. The minimum absolute atomic E-state index is 0.00459. The molecule has 0 aliphatic carbocycles. The first-order chi connectivity index (χ1) is 15.0. The molecule has 1 spiro atoms. The van der Waals surface area contributed by atoms with Gasteiger partial charge in [0.25, 0.3) is 0 Å². The van der Waals surface area contributed by atoms with Crippen LogP contribution in [0.15, 0.2) is 24.0 Å². The van der Waals surface area contributed by atoms with E-state index >= 15 is 0 Å². The minimum atomic E-state index is -0.678. The molecule has 5 rings (SSSR count). The van der Waals surface area contributed by atoms with Crippen LogP contribution in [0.5, 0.6) is 11.5 Å². The zero-order valence-corrected chi connectivity index (χ0v) is 18.3. The fraction of sp³-hybridized carbons (Fsp3) is 0.565. The third-order valence-electron chi connectivity index (χ3n) is 7.75. The molecule has 5 atom stereocenters. The lowest BCUT2D eigenvalue weighted by molar-refractivity contribution is -0.139. The first-order valence-electron chi connectivity index (χ1n) is 10.7.